The van der Waals surface area contributed by atoms with Crippen LogP contribution in [0.2, 0.25) is 10.0 Å². The first-order valence-electron chi connectivity index (χ1n) is 11.3. The second kappa shape index (κ2) is 12.3. The number of rotatable bonds is 8. The fourth-order valence-corrected chi connectivity index (χ4v) is 4.88. The molecule has 0 fully saturated rings. The molecular formula is C29H21Cl2IN2O3. The van der Waals surface area contributed by atoms with Gasteiger partial charge in [0.25, 0.3) is 5.91 Å². The maximum absolute atomic E-state index is 12.8. The van der Waals surface area contributed by atoms with Gasteiger partial charge in [0.15, 0.2) is 11.5 Å². The van der Waals surface area contributed by atoms with Crippen molar-refractivity contribution in [2.75, 3.05) is 11.9 Å². The minimum absolute atomic E-state index is 0.0984. The number of carbonyl (C=O) groups excluding carboxylic acids is 1. The van der Waals surface area contributed by atoms with Crippen molar-refractivity contribution in [3.05, 3.63) is 103 Å². The largest absolute Gasteiger partial charge is 0.490 e. The van der Waals surface area contributed by atoms with Gasteiger partial charge in [0, 0.05) is 0 Å². The molecule has 4 aromatic carbocycles. The Balaban J connectivity index is 1.60. The van der Waals surface area contributed by atoms with Gasteiger partial charge in [-0.1, -0.05) is 71.7 Å². The van der Waals surface area contributed by atoms with Crippen LogP contribution in [0.5, 0.6) is 11.5 Å². The maximum atomic E-state index is 12.8. The first-order chi connectivity index (χ1) is 17.9. The predicted octanol–water partition coefficient (Wildman–Crippen LogP) is 8.27. The van der Waals surface area contributed by atoms with E-state index in [9.17, 15) is 10.1 Å². The molecule has 1 amide bonds. The zero-order valence-corrected chi connectivity index (χ0v) is 23.4. The Labute approximate surface area is 238 Å². The first-order valence-corrected chi connectivity index (χ1v) is 13.2. The van der Waals surface area contributed by atoms with Crippen LogP contribution in [0.4, 0.5) is 5.69 Å². The molecule has 5 nitrogen and oxygen atoms in total. The molecule has 186 valence electrons. The lowest BCUT2D eigenvalue weighted by Crippen LogP contribution is -2.13. The second-order valence-corrected chi connectivity index (χ2v) is 9.86. The van der Waals surface area contributed by atoms with Gasteiger partial charge in [-0.15, -0.1) is 0 Å². The summed E-state index contributed by atoms with van der Waals surface area (Å²) in [7, 11) is 0. The number of nitriles is 1. The number of fused-ring (bicyclic) bond motifs is 1. The van der Waals surface area contributed by atoms with Gasteiger partial charge in [0.2, 0.25) is 0 Å². The molecule has 0 spiro atoms. The lowest BCUT2D eigenvalue weighted by Gasteiger charge is -2.16. The molecule has 0 radical (unpaired) electrons. The maximum Gasteiger partial charge on any atom is 0.266 e. The molecule has 0 aromatic heterocycles. The average molecular weight is 643 g/mol. The van der Waals surface area contributed by atoms with Crippen molar-refractivity contribution >= 4 is 74.2 Å². The molecule has 8 heteroatoms. The minimum Gasteiger partial charge on any atom is -0.490 e. The Morgan fingerprint density at radius 2 is 1.81 bits per heavy atom. The van der Waals surface area contributed by atoms with Crippen LogP contribution in [-0.2, 0) is 11.4 Å². The van der Waals surface area contributed by atoms with Crippen molar-refractivity contribution in [3.63, 3.8) is 0 Å². The predicted molar refractivity (Wildman–Crippen MR) is 157 cm³/mol. The Hall–Kier alpha value is -3.25. The van der Waals surface area contributed by atoms with Crippen LogP contribution in [0.25, 0.3) is 16.8 Å². The van der Waals surface area contributed by atoms with Crippen LogP contribution in [-0.4, -0.2) is 12.5 Å². The quantitative estimate of drug-likeness (QED) is 0.119. The van der Waals surface area contributed by atoms with E-state index in [4.69, 9.17) is 32.7 Å². The highest BCUT2D eigenvalue weighted by molar-refractivity contribution is 14.1. The smallest absolute Gasteiger partial charge is 0.266 e. The third-order valence-corrected chi connectivity index (χ3v) is 7.08. The van der Waals surface area contributed by atoms with Gasteiger partial charge < -0.3 is 14.8 Å². The Bertz CT molecular complexity index is 1540. The monoisotopic (exact) mass is 642 g/mol. The summed E-state index contributed by atoms with van der Waals surface area (Å²) in [6.45, 7) is 2.67. The summed E-state index contributed by atoms with van der Waals surface area (Å²) in [5, 5.41) is 15.1. The summed E-state index contributed by atoms with van der Waals surface area (Å²) >= 11 is 14.4. The van der Waals surface area contributed by atoms with E-state index in [1.807, 2.05) is 43.3 Å². The van der Waals surface area contributed by atoms with Gasteiger partial charge in [-0.05, 0) is 81.8 Å². The molecule has 0 unspecified atom stereocenters. The highest BCUT2D eigenvalue weighted by atomic mass is 127. The van der Waals surface area contributed by atoms with Crippen LogP contribution in [0.3, 0.4) is 0 Å². The molecule has 4 aromatic rings. The third kappa shape index (κ3) is 6.37. The van der Waals surface area contributed by atoms with Gasteiger partial charge in [-0.3, -0.25) is 4.79 Å². The van der Waals surface area contributed by atoms with E-state index in [1.54, 1.807) is 24.3 Å². The number of carbonyl (C=O) groups is 1. The zero-order chi connectivity index (χ0) is 26.4. The number of nitrogens with zero attached hydrogens (tertiary/aromatic N) is 1. The third-order valence-electron chi connectivity index (χ3n) is 5.46. The van der Waals surface area contributed by atoms with E-state index in [0.29, 0.717) is 41.0 Å². The SMILES string of the molecule is CCOc1cc(C=C(C#N)C(=O)Nc2cccc(Cl)c2Cl)cc(I)c1OCc1cccc2ccccc12. The highest BCUT2D eigenvalue weighted by Crippen LogP contribution is 2.36. The molecule has 0 bridgehead atoms. The van der Waals surface area contributed by atoms with Crippen LogP contribution in [0.1, 0.15) is 18.1 Å². The standard InChI is InChI=1S/C29H21Cl2IN2O3/c1-2-36-26-15-18(13-21(16-33)29(35)34-25-12-6-11-23(30)27(25)31)14-24(32)28(26)37-17-20-9-5-8-19-7-3-4-10-22(19)20/h3-15H,2,17H2,1H3,(H,34,35). The number of hydrogen-bond acceptors (Lipinski definition) is 4. The fourth-order valence-electron chi connectivity index (χ4n) is 3.75. The summed E-state index contributed by atoms with van der Waals surface area (Å²) in [5.41, 5.74) is 1.90. The molecule has 4 rings (SSSR count). The van der Waals surface area contributed by atoms with E-state index in [1.165, 1.54) is 6.08 Å². The number of benzene rings is 4. The highest BCUT2D eigenvalue weighted by Gasteiger charge is 2.16. The Kier molecular flexibility index (Phi) is 8.93. The first kappa shape index (κ1) is 26.8. The molecule has 0 atom stereocenters. The molecular weight excluding hydrogens is 622 g/mol. The summed E-state index contributed by atoms with van der Waals surface area (Å²) in [6, 6.07) is 24.7. The molecule has 37 heavy (non-hydrogen) atoms. The topological polar surface area (TPSA) is 71.3 Å². The van der Waals surface area contributed by atoms with Crippen molar-refractivity contribution < 1.29 is 14.3 Å². The van der Waals surface area contributed by atoms with Crippen LogP contribution in [0.15, 0.2) is 78.4 Å². The molecule has 0 aliphatic heterocycles. The van der Waals surface area contributed by atoms with Gasteiger partial charge >= 0.3 is 0 Å². The number of ether oxygens (including phenoxy) is 2. The van der Waals surface area contributed by atoms with E-state index in [2.05, 4.69) is 46.1 Å². The van der Waals surface area contributed by atoms with E-state index >= 15 is 0 Å². The Morgan fingerprint density at radius 1 is 1.05 bits per heavy atom. The second-order valence-electron chi connectivity index (χ2n) is 7.92. The molecule has 0 aliphatic rings. The number of nitrogens with one attached hydrogen (secondary N) is 1. The van der Waals surface area contributed by atoms with Gasteiger partial charge in [-0.25, -0.2) is 0 Å². The number of hydrogen-bond donors (Lipinski definition) is 1. The van der Waals surface area contributed by atoms with Gasteiger partial charge in [0.1, 0.15) is 18.2 Å². The normalized spacial score (nSPS) is 11.2. The molecule has 0 saturated carbocycles. The summed E-state index contributed by atoms with van der Waals surface area (Å²) in [6.07, 6.45) is 1.49. The van der Waals surface area contributed by atoms with Crippen molar-refractivity contribution in [2.45, 2.75) is 13.5 Å². The van der Waals surface area contributed by atoms with E-state index in [0.717, 1.165) is 19.9 Å². The summed E-state index contributed by atoms with van der Waals surface area (Å²) in [4.78, 5) is 12.8. The molecule has 1 N–H and O–H groups in total. The molecule has 0 aliphatic carbocycles. The van der Waals surface area contributed by atoms with Crippen molar-refractivity contribution in [1.29, 1.82) is 5.26 Å². The van der Waals surface area contributed by atoms with E-state index < -0.39 is 5.91 Å². The zero-order valence-electron chi connectivity index (χ0n) is 19.7. The van der Waals surface area contributed by atoms with Crippen molar-refractivity contribution in [1.82, 2.24) is 0 Å². The summed E-state index contributed by atoms with van der Waals surface area (Å²) in [5.74, 6) is 0.522. The lowest BCUT2D eigenvalue weighted by molar-refractivity contribution is -0.112. The van der Waals surface area contributed by atoms with Crippen LogP contribution in [0, 0.1) is 14.9 Å². The van der Waals surface area contributed by atoms with Crippen molar-refractivity contribution in [3.8, 4) is 17.6 Å². The molecule has 0 heterocycles. The number of halogens is 3. The van der Waals surface area contributed by atoms with Crippen molar-refractivity contribution in [2.24, 2.45) is 0 Å². The Morgan fingerprint density at radius 3 is 2.59 bits per heavy atom. The van der Waals surface area contributed by atoms with Gasteiger partial charge in [-0.2, -0.15) is 5.26 Å². The minimum atomic E-state index is -0.601. The van der Waals surface area contributed by atoms with Crippen LogP contribution >= 0.6 is 45.8 Å². The van der Waals surface area contributed by atoms with E-state index in [-0.39, 0.29) is 10.6 Å². The lowest BCUT2D eigenvalue weighted by atomic mass is 10.1. The van der Waals surface area contributed by atoms with Gasteiger partial charge in [0.05, 0.1) is 25.9 Å². The summed E-state index contributed by atoms with van der Waals surface area (Å²) < 4.78 is 12.9. The average Bonchev–Trinajstić information content (AvgIpc) is 2.89. The molecule has 0 saturated heterocycles. The number of amides is 1. The van der Waals surface area contributed by atoms with Crippen LogP contribution < -0.4 is 14.8 Å². The number of anilines is 1. The fraction of sp³-hybridized carbons (Fsp3) is 0.103.